The summed E-state index contributed by atoms with van der Waals surface area (Å²) in [6.07, 6.45) is 0. The number of benzene rings is 1. The number of rotatable bonds is 4. The van der Waals surface area contributed by atoms with Crippen LogP contribution in [0.4, 0.5) is 0 Å². The third kappa shape index (κ3) is 2.60. The molecule has 0 amide bonds. The number of aromatic amines is 1. The molecular formula is C11H13ClN4OS. The largest absolute Gasteiger partial charge is 0.343 e. The smallest absolute Gasteiger partial charge is 0.316 e. The second kappa shape index (κ2) is 5.60. The second-order valence-electron chi connectivity index (χ2n) is 3.72. The summed E-state index contributed by atoms with van der Waals surface area (Å²) in [5.74, 6) is 0. The first-order valence-electron chi connectivity index (χ1n) is 5.34. The van der Waals surface area contributed by atoms with E-state index in [9.17, 15) is 4.79 Å². The molecule has 2 rings (SSSR count). The molecule has 0 saturated heterocycles. The molecule has 2 N–H and O–H groups in total. The molecule has 0 fully saturated rings. The third-order valence-corrected chi connectivity index (χ3v) is 3.97. The van der Waals surface area contributed by atoms with E-state index in [0.717, 1.165) is 10.5 Å². The van der Waals surface area contributed by atoms with Crippen LogP contribution in [0.3, 0.4) is 0 Å². The fraction of sp³-hybridized carbons (Fsp3) is 0.273. The van der Waals surface area contributed by atoms with E-state index in [-0.39, 0.29) is 5.69 Å². The molecule has 0 aliphatic carbocycles. The Bertz CT molecular complexity index is 607. The molecular weight excluding hydrogens is 272 g/mol. The van der Waals surface area contributed by atoms with Crippen LogP contribution in [0.5, 0.6) is 0 Å². The van der Waals surface area contributed by atoms with Crippen molar-refractivity contribution in [3.63, 3.8) is 0 Å². The first kappa shape index (κ1) is 13.2. The van der Waals surface area contributed by atoms with Gasteiger partial charge in [0.2, 0.25) is 0 Å². The van der Waals surface area contributed by atoms with Gasteiger partial charge in [0.05, 0.1) is 0 Å². The van der Waals surface area contributed by atoms with Crippen LogP contribution >= 0.6 is 23.4 Å². The lowest BCUT2D eigenvalue weighted by Gasteiger charge is -2.09. The van der Waals surface area contributed by atoms with Crippen molar-refractivity contribution in [2.75, 3.05) is 7.05 Å². The van der Waals surface area contributed by atoms with Gasteiger partial charge in [-0.3, -0.25) is 4.57 Å². The molecule has 0 saturated carbocycles. The zero-order valence-corrected chi connectivity index (χ0v) is 11.6. The van der Waals surface area contributed by atoms with Gasteiger partial charge in [0, 0.05) is 23.5 Å². The maximum atomic E-state index is 11.3. The van der Waals surface area contributed by atoms with Gasteiger partial charge in [0.15, 0.2) is 5.16 Å². The van der Waals surface area contributed by atoms with Crippen LogP contribution in [0, 0.1) is 0 Å². The fourth-order valence-corrected chi connectivity index (χ4v) is 2.76. The molecule has 0 atom stereocenters. The predicted molar refractivity (Wildman–Crippen MR) is 72.2 cm³/mol. The maximum Gasteiger partial charge on any atom is 0.343 e. The number of hydrogen-bond acceptors (Lipinski definition) is 4. The van der Waals surface area contributed by atoms with Crippen LogP contribution in [0.1, 0.15) is 5.56 Å². The summed E-state index contributed by atoms with van der Waals surface area (Å²) in [5.41, 5.74) is 0.775. The average Bonchev–Trinajstić information content (AvgIpc) is 2.66. The SMILES string of the molecule is CNCc1c(Cl)cccc1Sc1n[nH]c(=O)n1C. The van der Waals surface area contributed by atoms with Crippen molar-refractivity contribution in [1.29, 1.82) is 0 Å². The van der Waals surface area contributed by atoms with Crippen molar-refractivity contribution in [1.82, 2.24) is 20.1 Å². The summed E-state index contributed by atoms with van der Waals surface area (Å²) in [6.45, 7) is 0.667. The van der Waals surface area contributed by atoms with Crippen LogP contribution in [0.25, 0.3) is 0 Å². The molecule has 5 nitrogen and oxygen atoms in total. The number of hydrogen-bond donors (Lipinski definition) is 2. The molecule has 2 aromatic rings. The number of nitrogens with one attached hydrogen (secondary N) is 2. The Labute approximate surface area is 114 Å². The van der Waals surface area contributed by atoms with Gasteiger partial charge in [0.1, 0.15) is 0 Å². The van der Waals surface area contributed by atoms with E-state index >= 15 is 0 Å². The minimum Gasteiger partial charge on any atom is -0.316 e. The quantitative estimate of drug-likeness (QED) is 0.896. The van der Waals surface area contributed by atoms with E-state index in [0.29, 0.717) is 16.7 Å². The molecule has 18 heavy (non-hydrogen) atoms. The zero-order valence-electron chi connectivity index (χ0n) is 10.0. The lowest BCUT2D eigenvalue weighted by molar-refractivity contribution is 0.763. The molecule has 1 aromatic heterocycles. The predicted octanol–water partition coefficient (Wildman–Crippen LogP) is 1.63. The third-order valence-electron chi connectivity index (χ3n) is 2.47. The summed E-state index contributed by atoms with van der Waals surface area (Å²) >= 11 is 7.58. The number of aromatic nitrogens is 3. The Kier molecular flexibility index (Phi) is 4.11. The Morgan fingerprint density at radius 2 is 2.33 bits per heavy atom. The highest BCUT2D eigenvalue weighted by atomic mass is 35.5. The van der Waals surface area contributed by atoms with E-state index in [1.165, 1.54) is 16.3 Å². The molecule has 96 valence electrons. The van der Waals surface area contributed by atoms with E-state index < -0.39 is 0 Å². The first-order valence-corrected chi connectivity index (χ1v) is 6.54. The molecule has 0 aliphatic heterocycles. The average molecular weight is 285 g/mol. The maximum absolute atomic E-state index is 11.3. The minimum absolute atomic E-state index is 0.227. The van der Waals surface area contributed by atoms with Crippen LogP contribution in [-0.4, -0.2) is 21.8 Å². The molecule has 1 aromatic carbocycles. The van der Waals surface area contributed by atoms with E-state index in [1.54, 1.807) is 7.05 Å². The first-order chi connectivity index (χ1) is 8.63. The van der Waals surface area contributed by atoms with Gasteiger partial charge in [-0.15, -0.1) is 5.10 Å². The molecule has 0 radical (unpaired) electrons. The number of H-pyrrole nitrogens is 1. The summed E-state index contributed by atoms with van der Waals surface area (Å²) in [6, 6.07) is 5.69. The zero-order chi connectivity index (χ0) is 13.1. The van der Waals surface area contributed by atoms with Crippen molar-refractivity contribution in [3.8, 4) is 0 Å². The van der Waals surface area contributed by atoms with Crippen molar-refractivity contribution in [2.45, 2.75) is 16.6 Å². The minimum atomic E-state index is -0.227. The van der Waals surface area contributed by atoms with Gasteiger partial charge < -0.3 is 5.32 Å². The summed E-state index contributed by atoms with van der Waals surface area (Å²) in [4.78, 5) is 12.3. The van der Waals surface area contributed by atoms with Gasteiger partial charge in [-0.2, -0.15) is 0 Å². The standard InChI is InChI=1S/C11H13ClN4OS/c1-13-6-7-8(12)4-3-5-9(7)18-11-15-14-10(17)16(11)2/h3-5,13H,6H2,1-2H3,(H,14,17). The van der Waals surface area contributed by atoms with Gasteiger partial charge in [0.25, 0.3) is 0 Å². The molecule has 0 bridgehead atoms. The Hall–Kier alpha value is -1.24. The summed E-state index contributed by atoms with van der Waals surface area (Å²) < 4.78 is 1.47. The molecule has 1 heterocycles. The van der Waals surface area contributed by atoms with Crippen LogP contribution in [0.15, 0.2) is 33.0 Å². The highest BCUT2D eigenvalue weighted by molar-refractivity contribution is 7.99. The monoisotopic (exact) mass is 284 g/mol. The topological polar surface area (TPSA) is 62.7 Å². The van der Waals surface area contributed by atoms with Crippen LogP contribution in [-0.2, 0) is 13.6 Å². The summed E-state index contributed by atoms with van der Waals surface area (Å²) in [7, 11) is 3.54. The molecule has 0 unspecified atom stereocenters. The normalized spacial score (nSPS) is 10.8. The van der Waals surface area contributed by atoms with E-state index in [4.69, 9.17) is 11.6 Å². The van der Waals surface area contributed by atoms with Crippen molar-refractivity contribution < 1.29 is 0 Å². The Morgan fingerprint density at radius 3 is 2.94 bits per heavy atom. The Morgan fingerprint density at radius 1 is 1.56 bits per heavy atom. The lowest BCUT2D eigenvalue weighted by Crippen LogP contribution is -2.13. The second-order valence-corrected chi connectivity index (χ2v) is 5.14. The van der Waals surface area contributed by atoms with Gasteiger partial charge >= 0.3 is 5.69 Å². The van der Waals surface area contributed by atoms with E-state index in [2.05, 4.69) is 15.5 Å². The Balaban J connectivity index is 2.37. The highest BCUT2D eigenvalue weighted by Gasteiger charge is 2.11. The van der Waals surface area contributed by atoms with Crippen molar-refractivity contribution in [2.24, 2.45) is 7.05 Å². The fourth-order valence-electron chi connectivity index (χ4n) is 1.50. The molecule has 0 spiro atoms. The number of halogens is 1. The molecule has 0 aliphatic rings. The molecule has 7 heteroatoms. The lowest BCUT2D eigenvalue weighted by atomic mass is 10.2. The number of nitrogens with zero attached hydrogens (tertiary/aromatic N) is 2. The van der Waals surface area contributed by atoms with Gasteiger partial charge in [-0.1, -0.05) is 17.7 Å². The van der Waals surface area contributed by atoms with Gasteiger partial charge in [-0.05, 0) is 36.5 Å². The highest BCUT2D eigenvalue weighted by Crippen LogP contribution is 2.31. The van der Waals surface area contributed by atoms with Crippen molar-refractivity contribution >= 4 is 23.4 Å². The van der Waals surface area contributed by atoms with Gasteiger partial charge in [-0.25, -0.2) is 9.89 Å². The van der Waals surface area contributed by atoms with Crippen LogP contribution < -0.4 is 11.0 Å². The van der Waals surface area contributed by atoms with E-state index in [1.807, 2.05) is 25.2 Å². The summed E-state index contributed by atoms with van der Waals surface area (Å²) in [5, 5.41) is 10.8. The van der Waals surface area contributed by atoms with Crippen LogP contribution in [0.2, 0.25) is 5.02 Å². The van der Waals surface area contributed by atoms with Crippen molar-refractivity contribution in [3.05, 3.63) is 39.3 Å².